The average Bonchev–Trinajstić information content (AvgIpc) is 3.00. The van der Waals surface area contributed by atoms with E-state index in [-0.39, 0.29) is 5.91 Å². The Labute approximate surface area is 146 Å². The van der Waals surface area contributed by atoms with Gasteiger partial charge in [0.05, 0.1) is 18.3 Å². The molecule has 2 aromatic rings. The number of carbonyl (C=O) groups excluding carboxylic acids is 1. The van der Waals surface area contributed by atoms with Crippen molar-refractivity contribution in [3.63, 3.8) is 0 Å². The van der Waals surface area contributed by atoms with Crippen molar-refractivity contribution in [1.82, 2.24) is 14.7 Å². The molecule has 1 atom stereocenters. The Balaban J connectivity index is 1.42. The lowest BCUT2D eigenvalue weighted by atomic mass is 10.1. The van der Waals surface area contributed by atoms with Crippen LogP contribution in [0.2, 0.25) is 0 Å². The van der Waals surface area contributed by atoms with E-state index in [1.54, 1.807) is 6.20 Å². The van der Waals surface area contributed by atoms with Crippen molar-refractivity contribution >= 4 is 23.4 Å². The van der Waals surface area contributed by atoms with Crippen LogP contribution in [0.3, 0.4) is 0 Å². The van der Waals surface area contributed by atoms with Crippen molar-refractivity contribution in [1.29, 1.82) is 0 Å². The Hall–Kier alpha value is -1.79. The lowest BCUT2D eigenvalue weighted by Gasteiger charge is -2.39. The van der Waals surface area contributed by atoms with Crippen LogP contribution in [0.4, 0.5) is 5.69 Å². The number of para-hydroxylation sites is 1. The molecule has 5 nitrogen and oxygen atoms in total. The van der Waals surface area contributed by atoms with E-state index in [9.17, 15) is 4.79 Å². The fraction of sp³-hybridized carbons (Fsp3) is 0.444. The molecule has 1 saturated heterocycles. The number of fused-ring (bicyclic) bond motifs is 1. The molecule has 2 aliphatic heterocycles. The molecule has 4 rings (SSSR count). The van der Waals surface area contributed by atoms with Crippen LogP contribution in [-0.2, 0) is 4.79 Å². The minimum absolute atomic E-state index is 0.205. The second-order valence-electron chi connectivity index (χ2n) is 6.56. The highest BCUT2D eigenvalue weighted by Gasteiger charge is 2.32. The molecule has 126 valence electrons. The molecule has 1 aromatic heterocycles. The maximum atomic E-state index is 12.9. The van der Waals surface area contributed by atoms with Crippen molar-refractivity contribution in [3.05, 3.63) is 42.7 Å². The highest BCUT2D eigenvalue weighted by molar-refractivity contribution is 8.00. The van der Waals surface area contributed by atoms with Crippen molar-refractivity contribution in [2.24, 2.45) is 0 Å². The highest BCUT2D eigenvalue weighted by atomic mass is 32.2. The number of benzene rings is 1. The minimum atomic E-state index is 0.205. The van der Waals surface area contributed by atoms with Crippen molar-refractivity contribution in [3.8, 4) is 0 Å². The molecule has 2 aliphatic rings. The van der Waals surface area contributed by atoms with Crippen molar-refractivity contribution in [2.45, 2.75) is 29.5 Å². The van der Waals surface area contributed by atoms with Gasteiger partial charge in [0, 0.05) is 42.2 Å². The zero-order valence-corrected chi connectivity index (χ0v) is 14.7. The number of likely N-dealkylation sites (tertiary alicyclic amines) is 1. The molecule has 0 N–H and O–H groups in total. The summed E-state index contributed by atoms with van der Waals surface area (Å²) in [6.45, 7) is 5.33. The lowest BCUT2D eigenvalue weighted by Crippen LogP contribution is -2.52. The molecule has 1 unspecified atom stereocenters. The van der Waals surface area contributed by atoms with E-state index in [1.165, 1.54) is 4.90 Å². The summed E-state index contributed by atoms with van der Waals surface area (Å²) in [6, 6.07) is 10.6. The molecule has 1 amide bonds. The third-order valence-electron chi connectivity index (χ3n) is 4.74. The summed E-state index contributed by atoms with van der Waals surface area (Å²) in [4.78, 5) is 18.3. The van der Waals surface area contributed by atoms with Crippen LogP contribution in [0.5, 0.6) is 0 Å². The van der Waals surface area contributed by atoms with Crippen LogP contribution >= 0.6 is 11.8 Å². The summed E-state index contributed by atoms with van der Waals surface area (Å²) >= 11 is 1.87. The molecular formula is C18H22N4OS. The van der Waals surface area contributed by atoms with Gasteiger partial charge in [0.15, 0.2) is 0 Å². The van der Waals surface area contributed by atoms with Crippen LogP contribution in [0.25, 0.3) is 0 Å². The first-order valence-corrected chi connectivity index (χ1v) is 9.36. The van der Waals surface area contributed by atoms with Gasteiger partial charge in [0.25, 0.3) is 0 Å². The zero-order chi connectivity index (χ0) is 16.5. The fourth-order valence-corrected chi connectivity index (χ4v) is 4.47. The smallest absolute Gasteiger partial charge is 0.241 e. The number of amides is 1. The van der Waals surface area contributed by atoms with Crippen LogP contribution in [0, 0.1) is 0 Å². The van der Waals surface area contributed by atoms with Crippen LogP contribution < -0.4 is 4.90 Å². The van der Waals surface area contributed by atoms with Crippen LogP contribution in [0.1, 0.15) is 19.4 Å². The Morgan fingerprint density at radius 3 is 2.92 bits per heavy atom. The summed E-state index contributed by atoms with van der Waals surface area (Å²) in [5.41, 5.74) is 1.07. The molecule has 0 radical (unpaired) electrons. The van der Waals surface area contributed by atoms with Gasteiger partial charge in [0.2, 0.25) is 5.91 Å². The van der Waals surface area contributed by atoms with Gasteiger partial charge in [-0.3, -0.25) is 14.4 Å². The summed E-state index contributed by atoms with van der Waals surface area (Å²) in [5.74, 6) is 0.205. The summed E-state index contributed by atoms with van der Waals surface area (Å²) in [5, 5.41) is 4.82. The van der Waals surface area contributed by atoms with E-state index < -0.39 is 0 Å². The van der Waals surface area contributed by atoms with E-state index >= 15 is 0 Å². The molecule has 0 saturated carbocycles. The number of rotatable bonds is 3. The van der Waals surface area contributed by atoms with Gasteiger partial charge in [-0.2, -0.15) is 5.10 Å². The van der Waals surface area contributed by atoms with Gasteiger partial charge in [-0.1, -0.05) is 19.1 Å². The predicted molar refractivity (Wildman–Crippen MR) is 96.4 cm³/mol. The fourth-order valence-electron chi connectivity index (χ4n) is 3.36. The zero-order valence-electron chi connectivity index (χ0n) is 13.8. The number of anilines is 1. The molecule has 0 spiro atoms. The minimum Gasteiger partial charge on any atom is -0.310 e. The maximum absolute atomic E-state index is 12.9. The Morgan fingerprint density at radius 2 is 2.12 bits per heavy atom. The number of hydrogen-bond donors (Lipinski definition) is 0. The quantitative estimate of drug-likeness (QED) is 0.860. The topological polar surface area (TPSA) is 41.4 Å². The number of nitrogens with zero attached hydrogens (tertiary/aromatic N) is 4. The summed E-state index contributed by atoms with van der Waals surface area (Å²) in [6.07, 6.45) is 4.83. The molecule has 3 heterocycles. The number of carbonyl (C=O) groups is 1. The second kappa shape index (κ2) is 6.61. The Morgan fingerprint density at radius 1 is 1.29 bits per heavy atom. The third-order valence-corrected chi connectivity index (χ3v) is 5.98. The number of thioether (sulfide) groups is 1. The van der Waals surface area contributed by atoms with Gasteiger partial charge in [-0.05, 0) is 24.6 Å². The van der Waals surface area contributed by atoms with Gasteiger partial charge in [0.1, 0.15) is 0 Å². The molecule has 1 fully saturated rings. The lowest BCUT2D eigenvalue weighted by molar-refractivity contribution is -0.121. The molecule has 1 aromatic carbocycles. The van der Waals surface area contributed by atoms with Gasteiger partial charge >= 0.3 is 0 Å². The average molecular weight is 342 g/mol. The largest absolute Gasteiger partial charge is 0.310 e. The van der Waals surface area contributed by atoms with E-state index in [0.717, 1.165) is 31.7 Å². The molecule has 0 aliphatic carbocycles. The third kappa shape index (κ3) is 3.08. The van der Waals surface area contributed by atoms with Crippen molar-refractivity contribution < 1.29 is 4.79 Å². The normalized spacial score (nSPS) is 21.9. The molecule has 0 bridgehead atoms. The first-order valence-electron chi connectivity index (χ1n) is 8.48. The Bertz CT molecular complexity index is 712. The Kier molecular flexibility index (Phi) is 4.33. The van der Waals surface area contributed by atoms with Gasteiger partial charge in [-0.15, -0.1) is 11.8 Å². The van der Waals surface area contributed by atoms with Gasteiger partial charge < -0.3 is 4.90 Å². The monoisotopic (exact) mass is 342 g/mol. The van der Waals surface area contributed by atoms with E-state index in [1.807, 2.05) is 39.7 Å². The first kappa shape index (κ1) is 15.7. The van der Waals surface area contributed by atoms with E-state index in [2.05, 4.69) is 35.1 Å². The first-order chi connectivity index (χ1) is 11.7. The maximum Gasteiger partial charge on any atom is 0.241 e. The van der Waals surface area contributed by atoms with E-state index in [4.69, 9.17) is 0 Å². The second-order valence-corrected chi connectivity index (χ2v) is 8.04. The van der Waals surface area contributed by atoms with Crippen molar-refractivity contribution in [2.75, 3.05) is 31.1 Å². The predicted octanol–water partition coefficient (Wildman–Crippen LogP) is 2.66. The standard InChI is InChI=1S/C18H22N4OS/c1-14-7-10-21(16-5-2-3-6-17(16)24-14)18(23)13-20-11-15(12-20)22-9-4-8-19-22/h2-6,8-9,14-15H,7,10-13H2,1H3. The van der Waals surface area contributed by atoms with Crippen LogP contribution in [-0.4, -0.2) is 52.0 Å². The number of hydrogen-bond acceptors (Lipinski definition) is 4. The summed E-state index contributed by atoms with van der Waals surface area (Å²) < 4.78 is 1.99. The highest BCUT2D eigenvalue weighted by Crippen LogP contribution is 2.37. The number of aromatic nitrogens is 2. The van der Waals surface area contributed by atoms with Crippen LogP contribution in [0.15, 0.2) is 47.6 Å². The molecular weight excluding hydrogens is 320 g/mol. The summed E-state index contributed by atoms with van der Waals surface area (Å²) in [7, 11) is 0. The molecule has 24 heavy (non-hydrogen) atoms. The van der Waals surface area contributed by atoms with Gasteiger partial charge in [-0.25, -0.2) is 0 Å². The SMILES string of the molecule is CC1CCN(C(=O)CN2CC(n3cccn3)C2)c2ccccc2S1. The van der Waals surface area contributed by atoms with E-state index in [0.29, 0.717) is 17.8 Å². The molecule has 6 heteroatoms.